The Morgan fingerprint density at radius 3 is 2.27 bits per heavy atom. The fourth-order valence-corrected chi connectivity index (χ4v) is 3.81. The summed E-state index contributed by atoms with van der Waals surface area (Å²) >= 11 is 0. The lowest BCUT2D eigenvalue weighted by Gasteiger charge is -2.11. The zero-order valence-corrected chi connectivity index (χ0v) is 19.4. The van der Waals surface area contributed by atoms with Crippen LogP contribution < -0.4 is 10.0 Å². The molecule has 3 aromatic carbocycles. The maximum absolute atomic E-state index is 11.6. The highest BCUT2D eigenvalue weighted by molar-refractivity contribution is 7.89. The highest BCUT2D eigenvalue weighted by Gasteiger charge is 2.10. The Hall–Kier alpha value is -3.65. The van der Waals surface area contributed by atoms with E-state index in [1.54, 1.807) is 0 Å². The van der Waals surface area contributed by atoms with Crippen molar-refractivity contribution in [1.82, 2.24) is 4.72 Å². The van der Waals surface area contributed by atoms with Crippen molar-refractivity contribution in [3.05, 3.63) is 101 Å². The third kappa shape index (κ3) is 7.76. The maximum atomic E-state index is 11.6. The van der Waals surface area contributed by atoms with Gasteiger partial charge in [-0.2, -0.15) is 0 Å². The molecule has 1 amide bonds. The first-order valence-electron chi connectivity index (χ1n) is 10.4. The predicted molar refractivity (Wildman–Crippen MR) is 131 cm³/mol. The molecule has 3 aromatic rings. The lowest BCUT2D eigenvalue weighted by atomic mass is 10.0. The van der Waals surface area contributed by atoms with Crippen LogP contribution >= 0.6 is 0 Å². The monoisotopic (exact) mass is 465 g/mol. The first-order valence-corrected chi connectivity index (χ1v) is 12.3. The summed E-state index contributed by atoms with van der Waals surface area (Å²) < 4.78 is 24.2. The van der Waals surface area contributed by atoms with Gasteiger partial charge in [-0.3, -0.25) is 9.52 Å². The van der Waals surface area contributed by atoms with E-state index in [4.69, 9.17) is 4.84 Å². The van der Waals surface area contributed by atoms with Crippen LogP contribution in [0.5, 0.6) is 0 Å². The van der Waals surface area contributed by atoms with Gasteiger partial charge in [0, 0.05) is 29.8 Å². The fourth-order valence-electron chi connectivity index (χ4n) is 3.30. The topological polar surface area (TPSA) is 96.9 Å². The number of nitrogens with one attached hydrogen (secondary N) is 2. The molecule has 0 spiro atoms. The minimum atomic E-state index is -3.52. The van der Waals surface area contributed by atoms with Gasteiger partial charge in [-0.15, -0.1) is 0 Å². The first kappa shape index (κ1) is 24.0. The van der Waals surface area contributed by atoms with E-state index in [1.807, 2.05) is 77.5 Å². The summed E-state index contributed by atoms with van der Waals surface area (Å²) in [5, 5.41) is 7.61. The molecule has 33 heavy (non-hydrogen) atoms. The van der Waals surface area contributed by atoms with Crippen LogP contribution in [0.3, 0.4) is 0 Å². The largest absolute Gasteiger partial charge is 0.399 e. The van der Waals surface area contributed by atoms with E-state index in [2.05, 4.69) is 16.5 Å². The second kappa shape index (κ2) is 11.3. The standard InChI is InChI=1S/C25H27N3O4S/c1-32-27-25(21-8-4-3-5-9-21)22-10-6-7-20(17-22)18-26-23-14-11-19(12-15-23)13-16-24(29)28-33(2,30)31/h3-12,14-15,17,26H,13,16,18H2,1-2H3,(H,28,29). The number of amides is 1. The number of nitrogens with zero attached hydrogens (tertiary/aromatic N) is 1. The molecule has 0 unspecified atom stereocenters. The second-order valence-electron chi connectivity index (χ2n) is 7.54. The molecular weight excluding hydrogens is 438 g/mol. The number of hydrogen-bond acceptors (Lipinski definition) is 6. The van der Waals surface area contributed by atoms with Gasteiger partial charge in [-0.25, -0.2) is 8.42 Å². The number of sulfonamides is 1. The Balaban J connectivity index is 1.60. The highest BCUT2D eigenvalue weighted by atomic mass is 32.2. The quantitative estimate of drug-likeness (QED) is 0.352. The lowest BCUT2D eigenvalue weighted by molar-refractivity contribution is -0.119. The predicted octanol–water partition coefficient (Wildman–Crippen LogP) is 3.71. The molecule has 7 nitrogen and oxygen atoms in total. The molecule has 0 radical (unpaired) electrons. The van der Waals surface area contributed by atoms with Crippen molar-refractivity contribution >= 4 is 27.3 Å². The van der Waals surface area contributed by atoms with Gasteiger partial charge in [0.25, 0.3) is 0 Å². The molecule has 0 atom stereocenters. The smallest absolute Gasteiger partial charge is 0.233 e. The van der Waals surface area contributed by atoms with Crippen molar-refractivity contribution in [3.63, 3.8) is 0 Å². The number of carbonyl (C=O) groups excluding carboxylic acids is 1. The van der Waals surface area contributed by atoms with Crippen molar-refractivity contribution in [2.45, 2.75) is 19.4 Å². The van der Waals surface area contributed by atoms with Crippen LogP contribution in [0.25, 0.3) is 0 Å². The van der Waals surface area contributed by atoms with E-state index in [0.717, 1.165) is 39.9 Å². The van der Waals surface area contributed by atoms with Crippen molar-refractivity contribution in [2.75, 3.05) is 18.7 Å². The summed E-state index contributed by atoms with van der Waals surface area (Å²) in [6.07, 6.45) is 1.54. The van der Waals surface area contributed by atoms with E-state index in [-0.39, 0.29) is 6.42 Å². The fraction of sp³-hybridized carbons (Fsp3) is 0.200. The van der Waals surface area contributed by atoms with Gasteiger partial charge in [-0.1, -0.05) is 65.8 Å². The van der Waals surface area contributed by atoms with Crippen molar-refractivity contribution in [2.24, 2.45) is 5.16 Å². The average Bonchev–Trinajstić information content (AvgIpc) is 2.80. The Morgan fingerprint density at radius 2 is 1.61 bits per heavy atom. The number of carbonyl (C=O) groups is 1. The van der Waals surface area contributed by atoms with Gasteiger partial charge in [-0.05, 0) is 35.7 Å². The zero-order chi connectivity index (χ0) is 23.7. The molecule has 8 heteroatoms. The minimum absolute atomic E-state index is 0.111. The average molecular weight is 466 g/mol. The van der Waals surface area contributed by atoms with E-state index in [9.17, 15) is 13.2 Å². The molecule has 0 fully saturated rings. The molecule has 0 bridgehead atoms. The highest BCUT2D eigenvalue weighted by Crippen LogP contribution is 2.16. The molecule has 0 saturated heterocycles. The number of rotatable bonds is 10. The third-order valence-electron chi connectivity index (χ3n) is 4.82. The second-order valence-corrected chi connectivity index (χ2v) is 9.29. The molecule has 172 valence electrons. The van der Waals surface area contributed by atoms with Crippen molar-refractivity contribution in [1.29, 1.82) is 0 Å². The van der Waals surface area contributed by atoms with E-state index < -0.39 is 15.9 Å². The Labute approximate surface area is 194 Å². The first-order chi connectivity index (χ1) is 15.8. The van der Waals surface area contributed by atoms with E-state index in [1.165, 1.54) is 7.11 Å². The van der Waals surface area contributed by atoms with Crippen LogP contribution in [0.15, 0.2) is 84.0 Å². The summed E-state index contributed by atoms with van der Waals surface area (Å²) in [5.74, 6) is -0.508. The van der Waals surface area contributed by atoms with Crippen LogP contribution in [-0.2, 0) is 32.6 Å². The maximum Gasteiger partial charge on any atom is 0.233 e. The van der Waals surface area contributed by atoms with Gasteiger partial charge in [0.15, 0.2) is 0 Å². The molecule has 0 aliphatic heterocycles. The summed E-state index contributed by atoms with van der Waals surface area (Å²) in [4.78, 5) is 16.7. The number of anilines is 1. The molecule has 2 N–H and O–H groups in total. The minimum Gasteiger partial charge on any atom is -0.399 e. The summed E-state index contributed by atoms with van der Waals surface area (Å²) in [5.41, 5.74) is 5.70. The molecular formula is C25H27N3O4S. The Kier molecular flexibility index (Phi) is 8.21. The SMILES string of the molecule is CON=C(c1ccccc1)c1cccc(CNc2ccc(CCC(=O)NS(C)(=O)=O)cc2)c1. The summed E-state index contributed by atoms with van der Waals surface area (Å²) in [6, 6.07) is 25.7. The van der Waals surface area contributed by atoms with Gasteiger partial charge in [0.1, 0.15) is 12.8 Å². The van der Waals surface area contributed by atoms with E-state index in [0.29, 0.717) is 13.0 Å². The van der Waals surface area contributed by atoms with Crippen LogP contribution in [0, 0.1) is 0 Å². The van der Waals surface area contributed by atoms with Crippen molar-refractivity contribution < 1.29 is 18.0 Å². The van der Waals surface area contributed by atoms with Gasteiger partial charge >= 0.3 is 0 Å². The van der Waals surface area contributed by atoms with Crippen LogP contribution in [0.4, 0.5) is 5.69 Å². The van der Waals surface area contributed by atoms with Gasteiger partial charge in [0.2, 0.25) is 15.9 Å². The van der Waals surface area contributed by atoms with Crippen LogP contribution in [0.1, 0.15) is 28.7 Å². The molecule has 0 aliphatic rings. The molecule has 0 heterocycles. The molecule has 3 rings (SSSR count). The van der Waals surface area contributed by atoms with Crippen LogP contribution in [0.2, 0.25) is 0 Å². The van der Waals surface area contributed by atoms with E-state index >= 15 is 0 Å². The van der Waals surface area contributed by atoms with Crippen LogP contribution in [-0.4, -0.2) is 33.4 Å². The third-order valence-corrected chi connectivity index (χ3v) is 5.42. The lowest BCUT2D eigenvalue weighted by Crippen LogP contribution is -2.29. The zero-order valence-electron chi connectivity index (χ0n) is 18.6. The molecule has 0 aliphatic carbocycles. The normalized spacial score (nSPS) is 11.6. The van der Waals surface area contributed by atoms with Gasteiger partial charge < -0.3 is 10.2 Å². The number of aryl methyl sites for hydroxylation is 1. The Morgan fingerprint density at radius 1 is 0.909 bits per heavy atom. The van der Waals surface area contributed by atoms with Crippen molar-refractivity contribution in [3.8, 4) is 0 Å². The summed E-state index contributed by atoms with van der Waals surface area (Å²) in [7, 11) is -1.98. The molecule has 0 aromatic heterocycles. The number of hydrogen-bond donors (Lipinski definition) is 2. The van der Waals surface area contributed by atoms with Gasteiger partial charge in [0.05, 0.1) is 6.26 Å². The Bertz CT molecular complexity index is 1210. The number of benzene rings is 3. The summed E-state index contributed by atoms with van der Waals surface area (Å²) in [6.45, 7) is 0.624. The molecule has 0 saturated carbocycles. The number of oxime groups is 1.